The number of benzene rings is 1. The van der Waals surface area contributed by atoms with Crippen molar-refractivity contribution >= 4 is 11.6 Å². The first kappa shape index (κ1) is 11.9. The van der Waals surface area contributed by atoms with E-state index >= 15 is 0 Å². The summed E-state index contributed by atoms with van der Waals surface area (Å²) in [5.74, 6) is -0.982. The van der Waals surface area contributed by atoms with Gasteiger partial charge in [-0.3, -0.25) is 4.79 Å². The lowest BCUT2D eigenvalue weighted by Gasteiger charge is -2.23. The Kier molecular flexibility index (Phi) is 3.58. The predicted octanol–water partition coefficient (Wildman–Crippen LogP) is 1.32. The number of anilines is 1. The molecule has 2 rings (SSSR count). The number of hydrogen-bond donors (Lipinski definition) is 2. The molecule has 1 aromatic carbocycles. The molecule has 1 fully saturated rings. The summed E-state index contributed by atoms with van der Waals surface area (Å²) >= 11 is 0. The minimum Gasteiger partial charge on any atom is -0.399 e. The second kappa shape index (κ2) is 5.14. The highest BCUT2D eigenvalue weighted by Crippen LogP contribution is 2.13. The van der Waals surface area contributed by atoms with E-state index in [1.54, 1.807) is 0 Å². The number of hydrogen-bond acceptors (Lipinski definition) is 3. The number of ether oxygens (including phenoxy) is 1. The van der Waals surface area contributed by atoms with Gasteiger partial charge >= 0.3 is 0 Å². The molecule has 0 atom stereocenters. The molecule has 0 aromatic heterocycles. The van der Waals surface area contributed by atoms with Gasteiger partial charge in [0.25, 0.3) is 5.91 Å². The molecule has 3 N–H and O–H groups in total. The normalized spacial score (nSPS) is 16.8. The Morgan fingerprint density at radius 2 is 2.12 bits per heavy atom. The van der Waals surface area contributed by atoms with E-state index in [9.17, 15) is 9.18 Å². The third-order valence-corrected chi connectivity index (χ3v) is 2.79. The van der Waals surface area contributed by atoms with E-state index in [-0.39, 0.29) is 11.6 Å². The van der Waals surface area contributed by atoms with Crippen molar-refractivity contribution in [2.45, 2.75) is 18.9 Å². The zero-order valence-corrected chi connectivity index (χ0v) is 9.41. The average molecular weight is 238 g/mol. The van der Waals surface area contributed by atoms with Crippen LogP contribution in [0, 0.1) is 5.82 Å². The van der Waals surface area contributed by atoms with Crippen LogP contribution in [0.2, 0.25) is 0 Å². The molecule has 0 saturated carbocycles. The highest BCUT2D eigenvalue weighted by molar-refractivity contribution is 5.95. The SMILES string of the molecule is Nc1ccc(C(=O)NC2CCOCC2)c(F)c1. The van der Waals surface area contributed by atoms with Crippen molar-refractivity contribution in [3.05, 3.63) is 29.6 Å². The molecule has 4 nitrogen and oxygen atoms in total. The van der Waals surface area contributed by atoms with Gasteiger partial charge in [0.05, 0.1) is 5.56 Å². The highest BCUT2D eigenvalue weighted by atomic mass is 19.1. The van der Waals surface area contributed by atoms with E-state index in [2.05, 4.69) is 5.32 Å². The van der Waals surface area contributed by atoms with E-state index in [0.29, 0.717) is 18.9 Å². The zero-order chi connectivity index (χ0) is 12.3. The first-order valence-corrected chi connectivity index (χ1v) is 5.60. The van der Waals surface area contributed by atoms with Gasteiger partial charge in [-0.2, -0.15) is 0 Å². The molecular weight excluding hydrogens is 223 g/mol. The average Bonchev–Trinajstić information content (AvgIpc) is 2.30. The summed E-state index contributed by atoms with van der Waals surface area (Å²) in [6.45, 7) is 1.27. The molecule has 0 bridgehead atoms. The molecule has 92 valence electrons. The van der Waals surface area contributed by atoms with Crippen LogP contribution in [0.1, 0.15) is 23.2 Å². The van der Waals surface area contributed by atoms with Crippen LogP contribution in [0.4, 0.5) is 10.1 Å². The van der Waals surface area contributed by atoms with Gasteiger partial charge in [0.15, 0.2) is 0 Å². The third kappa shape index (κ3) is 2.94. The summed E-state index contributed by atoms with van der Waals surface area (Å²) < 4.78 is 18.7. The molecular formula is C12H15FN2O2. The molecule has 1 heterocycles. The third-order valence-electron chi connectivity index (χ3n) is 2.79. The molecule has 0 unspecified atom stereocenters. The fraction of sp³-hybridized carbons (Fsp3) is 0.417. The van der Waals surface area contributed by atoms with Crippen molar-refractivity contribution in [3.63, 3.8) is 0 Å². The fourth-order valence-corrected chi connectivity index (χ4v) is 1.82. The Bertz CT molecular complexity index is 417. The summed E-state index contributed by atoms with van der Waals surface area (Å²) in [6, 6.07) is 4.13. The molecule has 1 saturated heterocycles. The summed E-state index contributed by atoms with van der Waals surface area (Å²) in [4.78, 5) is 11.8. The summed E-state index contributed by atoms with van der Waals surface area (Å²) in [6.07, 6.45) is 1.53. The van der Waals surface area contributed by atoms with Crippen LogP contribution in [0.5, 0.6) is 0 Å². The Hall–Kier alpha value is -1.62. The minimum atomic E-state index is -0.588. The van der Waals surface area contributed by atoms with Crippen LogP contribution < -0.4 is 11.1 Å². The molecule has 17 heavy (non-hydrogen) atoms. The topological polar surface area (TPSA) is 64.4 Å². The Labute approximate surface area is 98.9 Å². The van der Waals surface area contributed by atoms with Gasteiger partial charge in [-0.05, 0) is 31.0 Å². The van der Waals surface area contributed by atoms with E-state index in [4.69, 9.17) is 10.5 Å². The van der Waals surface area contributed by atoms with Crippen molar-refractivity contribution in [1.29, 1.82) is 0 Å². The molecule has 0 radical (unpaired) electrons. The maximum absolute atomic E-state index is 13.5. The summed E-state index contributed by atoms with van der Waals surface area (Å²) in [7, 11) is 0. The number of nitrogens with two attached hydrogens (primary N) is 1. The first-order valence-electron chi connectivity index (χ1n) is 5.60. The maximum Gasteiger partial charge on any atom is 0.254 e. The van der Waals surface area contributed by atoms with Crippen molar-refractivity contribution < 1.29 is 13.9 Å². The lowest BCUT2D eigenvalue weighted by Crippen LogP contribution is -2.39. The van der Waals surface area contributed by atoms with Crippen molar-refractivity contribution in [2.75, 3.05) is 18.9 Å². The monoisotopic (exact) mass is 238 g/mol. The van der Waals surface area contributed by atoms with Crippen LogP contribution in [-0.2, 0) is 4.74 Å². The number of carbonyl (C=O) groups excluding carboxylic acids is 1. The Morgan fingerprint density at radius 1 is 1.41 bits per heavy atom. The molecule has 1 amide bonds. The van der Waals surface area contributed by atoms with Gasteiger partial charge in [0, 0.05) is 24.9 Å². The predicted molar refractivity (Wildman–Crippen MR) is 62.1 cm³/mol. The van der Waals surface area contributed by atoms with Crippen LogP contribution in [0.25, 0.3) is 0 Å². The molecule has 1 aliphatic rings. The van der Waals surface area contributed by atoms with E-state index < -0.39 is 11.7 Å². The van der Waals surface area contributed by atoms with Gasteiger partial charge in [0.1, 0.15) is 5.82 Å². The molecule has 1 aliphatic heterocycles. The number of amides is 1. The fourth-order valence-electron chi connectivity index (χ4n) is 1.82. The van der Waals surface area contributed by atoms with Crippen LogP contribution >= 0.6 is 0 Å². The van der Waals surface area contributed by atoms with Gasteiger partial charge in [-0.25, -0.2) is 4.39 Å². The zero-order valence-electron chi connectivity index (χ0n) is 9.41. The molecule has 0 aliphatic carbocycles. The first-order chi connectivity index (χ1) is 8.16. The minimum absolute atomic E-state index is 0.0330. The second-order valence-electron chi connectivity index (χ2n) is 4.10. The van der Waals surface area contributed by atoms with Crippen molar-refractivity contribution in [3.8, 4) is 0 Å². The smallest absolute Gasteiger partial charge is 0.254 e. The summed E-state index contributed by atoms with van der Waals surface area (Å²) in [5, 5.41) is 2.80. The number of nitrogens with one attached hydrogen (secondary N) is 1. The quantitative estimate of drug-likeness (QED) is 0.764. The van der Waals surface area contributed by atoms with E-state index in [1.165, 1.54) is 12.1 Å². The summed E-state index contributed by atoms with van der Waals surface area (Å²) in [5.41, 5.74) is 5.77. The maximum atomic E-state index is 13.5. The van der Waals surface area contributed by atoms with E-state index in [0.717, 1.165) is 18.9 Å². The lowest BCUT2D eigenvalue weighted by atomic mass is 10.1. The van der Waals surface area contributed by atoms with Gasteiger partial charge in [0.2, 0.25) is 0 Å². The Balaban J connectivity index is 2.03. The van der Waals surface area contributed by atoms with Gasteiger partial charge in [-0.1, -0.05) is 0 Å². The van der Waals surface area contributed by atoms with Gasteiger partial charge in [-0.15, -0.1) is 0 Å². The number of carbonyl (C=O) groups is 1. The lowest BCUT2D eigenvalue weighted by molar-refractivity contribution is 0.0695. The Morgan fingerprint density at radius 3 is 2.76 bits per heavy atom. The van der Waals surface area contributed by atoms with Crippen molar-refractivity contribution in [1.82, 2.24) is 5.32 Å². The van der Waals surface area contributed by atoms with E-state index in [1.807, 2.05) is 0 Å². The van der Waals surface area contributed by atoms with Crippen LogP contribution in [0.15, 0.2) is 18.2 Å². The largest absolute Gasteiger partial charge is 0.399 e. The second-order valence-corrected chi connectivity index (χ2v) is 4.10. The molecule has 0 spiro atoms. The highest BCUT2D eigenvalue weighted by Gasteiger charge is 2.18. The van der Waals surface area contributed by atoms with Crippen molar-refractivity contribution in [2.24, 2.45) is 0 Å². The number of halogens is 1. The molecule has 1 aromatic rings. The van der Waals surface area contributed by atoms with Crippen LogP contribution in [-0.4, -0.2) is 25.2 Å². The molecule has 5 heteroatoms. The standard InChI is InChI=1S/C12H15FN2O2/c13-11-7-8(14)1-2-10(11)12(16)15-9-3-5-17-6-4-9/h1-2,7,9H,3-6,14H2,(H,15,16). The van der Waals surface area contributed by atoms with Gasteiger partial charge < -0.3 is 15.8 Å². The number of rotatable bonds is 2. The number of nitrogen functional groups attached to an aromatic ring is 1. The van der Waals surface area contributed by atoms with Crippen LogP contribution in [0.3, 0.4) is 0 Å².